The molecule has 1 aliphatic rings. The van der Waals surface area contributed by atoms with Crippen LogP contribution in [0.1, 0.15) is 11.4 Å². The second kappa shape index (κ2) is 7.33. The second-order valence-electron chi connectivity index (χ2n) is 5.01. The Balaban J connectivity index is 1.74. The molecule has 1 N–H and O–H groups in total. The summed E-state index contributed by atoms with van der Waals surface area (Å²) in [6.45, 7) is 4.54. The molecule has 0 amide bonds. The molecule has 2 heterocycles. The Kier molecular flexibility index (Phi) is 5.20. The van der Waals surface area contributed by atoms with Crippen molar-refractivity contribution in [2.24, 2.45) is 4.99 Å². The summed E-state index contributed by atoms with van der Waals surface area (Å²) in [7, 11) is 1.66. The van der Waals surface area contributed by atoms with Crippen LogP contribution >= 0.6 is 23.1 Å². The molecule has 1 aliphatic heterocycles. The number of aliphatic imine (C=N–C) groups is 1. The summed E-state index contributed by atoms with van der Waals surface area (Å²) in [5.41, 5.74) is 0.954. The molecule has 0 fully saturated rings. The molecule has 7 heteroatoms. The van der Waals surface area contributed by atoms with Crippen molar-refractivity contribution in [2.45, 2.75) is 12.5 Å². The predicted molar refractivity (Wildman–Crippen MR) is 95.7 cm³/mol. The summed E-state index contributed by atoms with van der Waals surface area (Å²) >= 11 is 3.29. The van der Waals surface area contributed by atoms with Gasteiger partial charge >= 0.3 is 0 Å². The number of rotatable bonds is 7. The molecule has 1 aromatic heterocycles. The molecule has 1 atom stereocenters. The summed E-state index contributed by atoms with van der Waals surface area (Å²) < 4.78 is 11.9. The van der Waals surface area contributed by atoms with Crippen LogP contribution in [-0.2, 0) is 4.74 Å². The lowest BCUT2D eigenvalue weighted by Crippen LogP contribution is -2.11. The average Bonchev–Trinajstić information content (AvgIpc) is 3.20. The summed E-state index contributed by atoms with van der Waals surface area (Å²) in [4.78, 5) is 9.33. The van der Waals surface area contributed by atoms with Crippen molar-refractivity contribution in [1.82, 2.24) is 4.98 Å². The van der Waals surface area contributed by atoms with E-state index in [1.807, 2.05) is 18.2 Å². The first-order valence-electron chi connectivity index (χ1n) is 7.29. The van der Waals surface area contributed by atoms with Gasteiger partial charge in [-0.15, -0.1) is 23.1 Å². The summed E-state index contributed by atoms with van der Waals surface area (Å²) in [5, 5.41) is 10.6. The molecule has 0 aliphatic carbocycles. The van der Waals surface area contributed by atoms with E-state index in [4.69, 9.17) is 14.6 Å². The lowest BCUT2D eigenvalue weighted by atomic mass is 10.3. The van der Waals surface area contributed by atoms with Crippen LogP contribution in [0.2, 0.25) is 0 Å². The SMILES string of the molecule is C=C(OCCCO)[C@H]1CSC(c2nc3ccc(OC)cc3s2)=N1. The molecule has 23 heavy (non-hydrogen) atoms. The third-order valence-corrected chi connectivity index (χ3v) is 5.60. The number of methoxy groups -OCH3 is 1. The molecular formula is C16H18N2O3S2. The minimum atomic E-state index is -0.0461. The lowest BCUT2D eigenvalue weighted by molar-refractivity contribution is 0.168. The number of fused-ring (bicyclic) bond motifs is 1. The number of thioether (sulfide) groups is 1. The Bertz CT molecular complexity index is 742. The van der Waals surface area contributed by atoms with Gasteiger partial charge in [0.2, 0.25) is 0 Å². The number of hydrogen-bond donors (Lipinski definition) is 1. The highest BCUT2D eigenvalue weighted by Gasteiger charge is 2.25. The highest BCUT2D eigenvalue weighted by atomic mass is 32.2. The minimum absolute atomic E-state index is 0.0461. The molecule has 122 valence electrons. The Morgan fingerprint density at radius 1 is 1.48 bits per heavy atom. The fourth-order valence-electron chi connectivity index (χ4n) is 2.14. The van der Waals surface area contributed by atoms with E-state index in [1.54, 1.807) is 30.2 Å². The van der Waals surface area contributed by atoms with E-state index >= 15 is 0 Å². The van der Waals surface area contributed by atoms with Crippen LogP contribution < -0.4 is 4.74 Å². The maximum Gasteiger partial charge on any atom is 0.149 e. The Morgan fingerprint density at radius 2 is 2.35 bits per heavy atom. The van der Waals surface area contributed by atoms with Gasteiger partial charge in [-0.2, -0.15) is 0 Å². The van der Waals surface area contributed by atoms with Gasteiger partial charge in [0.1, 0.15) is 27.6 Å². The van der Waals surface area contributed by atoms with E-state index in [9.17, 15) is 0 Å². The number of aromatic nitrogens is 1. The maximum atomic E-state index is 8.78. The number of ether oxygens (including phenoxy) is 2. The van der Waals surface area contributed by atoms with Gasteiger partial charge in [-0.3, -0.25) is 4.99 Å². The van der Waals surface area contributed by atoms with Crippen LogP contribution in [-0.4, -0.2) is 47.3 Å². The van der Waals surface area contributed by atoms with Gasteiger partial charge in [-0.05, 0) is 18.2 Å². The average molecular weight is 350 g/mol. The summed E-state index contributed by atoms with van der Waals surface area (Å²) in [6.07, 6.45) is 0.606. The molecule has 0 bridgehead atoms. The Labute approximate surface area is 143 Å². The van der Waals surface area contributed by atoms with Gasteiger partial charge in [0.15, 0.2) is 0 Å². The number of nitrogens with zero attached hydrogens (tertiary/aromatic N) is 2. The first kappa shape index (κ1) is 16.3. The maximum absolute atomic E-state index is 8.78. The minimum Gasteiger partial charge on any atom is -0.497 e. The largest absolute Gasteiger partial charge is 0.497 e. The van der Waals surface area contributed by atoms with Gasteiger partial charge in [0.25, 0.3) is 0 Å². The molecule has 0 saturated carbocycles. The molecule has 0 unspecified atom stereocenters. The smallest absolute Gasteiger partial charge is 0.149 e. The quantitative estimate of drug-likeness (QED) is 0.614. The van der Waals surface area contributed by atoms with Crippen LogP contribution in [0.25, 0.3) is 10.2 Å². The molecule has 2 aromatic rings. The normalized spacial score (nSPS) is 17.3. The fourth-order valence-corrected chi connectivity index (χ4v) is 4.28. The van der Waals surface area contributed by atoms with Crippen molar-refractivity contribution in [3.05, 3.63) is 35.5 Å². The molecule has 3 rings (SSSR count). The third-order valence-electron chi connectivity index (χ3n) is 3.39. The standard InChI is InChI=1S/C16H18N2O3S2/c1-10(21-7-3-6-19)13-9-22-15(18-13)16-17-12-5-4-11(20-2)8-14(12)23-16/h4-5,8,13,19H,1,3,6-7,9H2,2H3/t13-/m1/s1. The van der Waals surface area contributed by atoms with E-state index in [2.05, 4.69) is 16.6 Å². The molecule has 1 aromatic carbocycles. The highest BCUT2D eigenvalue weighted by Crippen LogP contribution is 2.32. The fraction of sp³-hybridized carbons (Fsp3) is 0.375. The zero-order valence-electron chi connectivity index (χ0n) is 12.8. The first-order valence-corrected chi connectivity index (χ1v) is 9.09. The first-order chi connectivity index (χ1) is 11.2. The number of aliphatic hydroxyl groups is 1. The van der Waals surface area contributed by atoms with Gasteiger partial charge in [0.05, 0.1) is 23.9 Å². The number of hydrogen-bond acceptors (Lipinski definition) is 7. The zero-order valence-corrected chi connectivity index (χ0v) is 14.5. The van der Waals surface area contributed by atoms with Crippen molar-refractivity contribution < 1.29 is 14.6 Å². The van der Waals surface area contributed by atoms with Gasteiger partial charge in [0, 0.05) is 18.8 Å². The van der Waals surface area contributed by atoms with Gasteiger partial charge in [-0.1, -0.05) is 6.58 Å². The van der Waals surface area contributed by atoms with Crippen molar-refractivity contribution >= 4 is 38.4 Å². The second-order valence-corrected chi connectivity index (χ2v) is 7.05. The van der Waals surface area contributed by atoms with Crippen LogP contribution in [0, 0.1) is 0 Å². The third kappa shape index (κ3) is 3.68. The molecule has 0 saturated heterocycles. The number of benzene rings is 1. The molecule has 5 nitrogen and oxygen atoms in total. The zero-order chi connectivity index (χ0) is 16.2. The number of aliphatic hydroxyl groups excluding tert-OH is 1. The van der Waals surface area contributed by atoms with E-state index in [1.165, 1.54) is 0 Å². The van der Waals surface area contributed by atoms with Crippen LogP contribution in [0.5, 0.6) is 5.75 Å². The van der Waals surface area contributed by atoms with E-state index < -0.39 is 0 Å². The van der Waals surface area contributed by atoms with Crippen LogP contribution in [0.3, 0.4) is 0 Å². The van der Waals surface area contributed by atoms with Crippen molar-refractivity contribution in [2.75, 3.05) is 26.1 Å². The Hall–Kier alpha value is -1.57. The molecular weight excluding hydrogens is 332 g/mol. The number of thiazole rings is 1. The van der Waals surface area contributed by atoms with Crippen molar-refractivity contribution in [1.29, 1.82) is 0 Å². The molecule has 0 radical (unpaired) electrons. The van der Waals surface area contributed by atoms with Gasteiger partial charge in [-0.25, -0.2) is 4.98 Å². The van der Waals surface area contributed by atoms with Crippen LogP contribution in [0.15, 0.2) is 35.5 Å². The highest BCUT2D eigenvalue weighted by molar-refractivity contribution is 8.15. The molecule has 0 spiro atoms. The van der Waals surface area contributed by atoms with Crippen molar-refractivity contribution in [3.63, 3.8) is 0 Å². The summed E-state index contributed by atoms with van der Waals surface area (Å²) in [6, 6.07) is 5.82. The summed E-state index contributed by atoms with van der Waals surface area (Å²) in [5.74, 6) is 2.30. The lowest BCUT2D eigenvalue weighted by Gasteiger charge is -2.11. The van der Waals surface area contributed by atoms with E-state index in [-0.39, 0.29) is 12.6 Å². The predicted octanol–water partition coefficient (Wildman–Crippen LogP) is 3.08. The van der Waals surface area contributed by atoms with Crippen molar-refractivity contribution in [3.8, 4) is 5.75 Å². The topological polar surface area (TPSA) is 63.9 Å². The van der Waals surface area contributed by atoms with E-state index in [0.717, 1.165) is 31.8 Å². The van der Waals surface area contributed by atoms with Crippen LogP contribution in [0.4, 0.5) is 0 Å². The monoisotopic (exact) mass is 350 g/mol. The van der Waals surface area contributed by atoms with E-state index in [0.29, 0.717) is 18.8 Å². The van der Waals surface area contributed by atoms with Gasteiger partial charge < -0.3 is 14.6 Å². The Morgan fingerprint density at radius 3 is 3.13 bits per heavy atom.